The molecular weight excluding hydrogens is 317 g/mol. The van der Waals surface area contributed by atoms with Gasteiger partial charge in [-0.3, -0.25) is 10.1 Å². The van der Waals surface area contributed by atoms with Crippen LogP contribution in [0.25, 0.3) is 0 Å². The van der Waals surface area contributed by atoms with Crippen molar-refractivity contribution in [1.29, 1.82) is 0 Å². The van der Waals surface area contributed by atoms with Crippen LogP contribution in [-0.4, -0.2) is 4.92 Å². The number of benzene rings is 2. The number of non-ortho nitro benzene ring substituents is 1. The average molecular weight is 335 g/mol. The summed E-state index contributed by atoms with van der Waals surface area (Å²) in [5.41, 5.74) is 1.11. The fourth-order valence-electron chi connectivity index (χ4n) is 1.87. The van der Waals surface area contributed by atoms with Crippen molar-refractivity contribution in [2.24, 2.45) is 0 Å². The number of hydrogen-bond acceptors (Lipinski definition) is 5. The number of hydrogen-bond donors (Lipinski definition) is 0. The number of nitro benzene ring substituents is 1. The topological polar surface area (TPSA) is 78.7 Å². The molecule has 2 rings (SSSR count). The predicted molar refractivity (Wildman–Crippen MR) is 88.5 cm³/mol. The maximum Gasteiger partial charge on any atom is 0.418 e. The smallest absolute Gasteiger partial charge is 0.418 e. The molecule has 6 nitrogen and oxygen atoms in total. The van der Waals surface area contributed by atoms with Crippen molar-refractivity contribution in [1.82, 2.24) is 0 Å². The van der Waals surface area contributed by atoms with Gasteiger partial charge >= 0.3 is 8.25 Å². The van der Waals surface area contributed by atoms with Crippen LogP contribution >= 0.6 is 8.25 Å². The minimum absolute atomic E-state index is 0.0268. The van der Waals surface area contributed by atoms with Gasteiger partial charge in [0.15, 0.2) is 0 Å². The van der Waals surface area contributed by atoms with Gasteiger partial charge in [-0.2, -0.15) is 0 Å². The summed E-state index contributed by atoms with van der Waals surface area (Å²) in [6.07, 6.45) is 0. The van der Waals surface area contributed by atoms with Crippen LogP contribution in [0.3, 0.4) is 0 Å². The van der Waals surface area contributed by atoms with Gasteiger partial charge < -0.3 is 9.05 Å². The van der Waals surface area contributed by atoms with E-state index in [0.717, 1.165) is 5.56 Å². The summed E-state index contributed by atoms with van der Waals surface area (Å²) in [6.45, 7) is 6.30. The van der Waals surface area contributed by atoms with Crippen LogP contribution in [0, 0.1) is 10.1 Å². The van der Waals surface area contributed by atoms with Gasteiger partial charge in [-0.1, -0.05) is 32.9 Å². The molecule has 23 heavy (non-hydrogen) atoms. The maximum absolute atomic E-state index is 11.9. The zero-order chi connectivity index (χ0) is 17.0. The average Bonchev–Trinajstić information content (AvgIpc) is 2.47. The van der Waals surface area contributed by atoms with Crippen LogP contribution in [0.5, 0.6) is 11.5 Å². The predicted octanol–water partition coefficient (Wildman–Crippen LogP) is 4.74. The monoisotopic (exact) mass is 335 g/mol. The van der Waals surface area contributed by atoms with Crippen molar-refractivity contribution in [3.05, 3.63) is 64.2 Å². The maximum atomic E-state index is 11.9. The molecule has 0 aliphatic heterocycles. The molecule has 0 radical (unpaired) electrons. The van der Waals surface area contributed by atoms with Crippen LogP contribution < -0.4 is 9.05 Å². The van der Waals surface area contributed by atoms with Gasteiger partial charge in [0.05, 0.1) is 4.92 Å². The van der Waals surface area contributed by atoms with Crippen LogP contribution in [0.15, 0.2) is 48.5 Å². The van der Waals surface area contributed by atoms with Crippen LogP contribution in [0.4, 0.5) is 5.69 Å². The zero-order valence-corrected chi connectivity index (χ0v) is 14.1. The molecule has 0 bridgehead atoms. The Morgan fingerprint density at radius 3 is 1.74 bits per heavy atom. The van der Waals surface area contributed by atoms with Crippen molar-refractivity contribution in [2.75, 3.05) is 0 Å². The van der Waals surface area contributed by atoms with E-state index in [4.69, 9.17) is 9.05 Å². The van der Waals surface area contributed by atoms with Gasteiger partial charge in [0.2, 0.25) is 0 Å². The molecule has 0 aliphatic rings. The normalized spacial score (nSPS) is 12.5. The third-order valence-corrected chi connectivity index (χ3v) is 3.97. The van der Waals surface area contributed by atoms with Crippen molar-refractivity contribution in [2.45, 2.75) is 26.2 Å². The number of rotatable bonds is 5. The van der Waals surface area contributed by atoms with E-state index in [1.165, 1.54) is 24.3 Å². The van der Waals surface area contributed by atoms with E-state index in [9.17, 15) is 14.7 Å². The lowest BCUT2D eigenvalue weighted by molar-refractivity contribution is -0.384. The molecule has 122 valence electrons. The Morgan fingerprint density at radius 1 is 0.913 bits per heavy atom. The summed E-state index contributed by atoms with van der Waals surface area (Å²) in [5, 5.41) is 10.6. The third-order valence-electron chi connectivity index (χ3n) is 3.17. The molecule has 1 unspecified atom stereocenters. The van der Waals surface area contributed by atoms with Crippen molar-refractivity contribution in [3.63, 3.8) is 0 Å². The van der Waals surface area contributed by atoms with Gasteiger partial charge in [0.25, 0.3) is 5.69 Å². The van der Waals surface area contributed by atoms with E-state index >= 15 is 0 Å². The van der Waals surface area contributed by atoms with E-state index in [1.54, 1.807) is 12.1 Å². The Labute approximate surface area is 135 Å². The Morgan fingerprint density at radius 2 is 1.35 bits per heavy atom. The lowest BCUT2D eigenvalue weighted by atomic mass is 9.87. The molecule has 0 fully saturated rings. The first-order valence-corrected chi connectivity index (χ1v) is 8.23. The second kappa shape index (κ2) is 6.84. The largest absolute Gasteiger partial charge is 0.418 e. The van der Waals surface area contributed by atoms with E-state index in [1.807, 2.05) is 12.1 Å². The first kappa shape index (κ1) is 17.0. The van der Waals surface area contributed by atoms with Crippen molar-refractivity contribution >= 4 is 13.9 Å². The fourth-order valence-corrected chi connectivity index (χ4v) is 2.57. The minimum Gasteiger partial charge on any atom is -0.418 e. The molecule has 0 aromatic heterocycles. The SMILES string of the molecule is CC(C)(C)c1ccc(O[PH](=O)Oc2ccc([N+](=O)[O-])cc2)cc1. The fraction of sp³-hybridized carbons (Fsp3) is 0.250. The zero-order valence-electron chi connectivity index (χ0n) is 13.1. The van der Waals surface area contributed by atoms with E-state index in [2.05, 4.69) is 20.8 Å². The van der Waals surface area contributed by atoms with E-state index in [-0.39, 0.29) is 16.9 Å². The molecule has 0 saturated heterocycles. The molecule has 0 N–H and O–H groups in total. The van der Waals surface area contributed by atoms with E-state index < -0.39 is 13.2 Å². The summed E-state index contributed by atoms with van der Waals surface area (Å²) >= 11 is 0. The third kappa shape index (κ3) is 4.83. The van der Waals surface area contributed by atoms with Crippen molar-refractivity contribution in [3.8, 4) is 11.5 Å². The minimum atomic E-state index is -2.79. The molecule has 0 spiro atoms. The van der Waals surface area contributed by atoms with Crippen molar-refractivity contribution < 1.29 is 18.5 Å². The molecule has 7 heteroatoms. The van der Waals surface area contributed by atoms with Crippen LogP contribution in [0.1, 0.15) is 26.3 Å². The summed E-state index contributed by atoms with van der Waals surface area (Å²) in [5.74, 6) is 0.703. The Kier molecular flexibility index (Phi) is 5.06. The first-order valence-electron chi connectivity index (χ1n) is 7.00. The quantitative estimate of drug-likeness (QED) is 0.448. The Hall–Kier alpha value is -2.33. The molecular formula is C16H18NO5P. The van der Waals surface area contributed by atoms with Gasteiger partial charge in [-0.25, -0.2) is 4.57 Å². The van der Waals surface area contributed by atoms with Crippen LogP contribution in [-0.2, 0) is 9.98 Å². The molecule has 1 atom stereocenters. The Balaban J connectivity index is 1.98. The number of nitrogens with zero attached hydrogens (tertiary/aromatic N) is 1. The van der Waals surface area contributed by atoms with Crippen LogP contribution in [0.2, 0.25) is 0 Å². The molecule has 0 saturated carbocycles. The molecule has 0 amide bonds. The summed E-state index contributed by atoms with van der Waals surface area (Å²) in [7, 11) is -2.79. The summed E-state index contributed by atoms with van der Waals surface area (Å²) in [6, 6.07) is 12.6. The second-order valence-electron chi connectivity index (χ2n) is 5.98. The molecule has 0 heterocycles. The highest BCUT2D eigenvalue weighted by Crippen LogP contribution is 2.32. The first-order chi connectivity index (χ1) is 10.8. The summed E-state index contributed by atoms with van der Waals surface area (Å²) < 4.78 is 22.3. The highest BCUT2D eigenvalue weighted by atomic mass is 31.1. The summed E-state index contributed by atoms with van der Waals surface area (Å²) in [4.78, 5) is 10.0. The highest BCUT2D eigenvalue weighted by Gasteiger charge is 2.13. The molecule has 2 aromatic rings. The van der Waals surface area contributed by atoms with Gasteiger partial charge in [-0.15, -0.1) is 0 Å². The second-order valence-corrected chi connectivity index (χ2v) is 6.89. The standard InChI is InChI=1S/C16H18NO5P/c1-16(2,3)12-4-8-14(9-5-12)21-23(20)22-15-10-6-13(7-11-15)17(18)19/h4-11,23H,1-3H3. The Bertz CT molecular complexity index is 705. The van der Waals surface area contributed by atoms with Gasteiger partial charge in [-0.05, 0) is 35.2 Å². The van der Waals surface area contributed by atoms with Gasteiger partial charge in [0.1, 0.15) is 11.5 Å². The van der Waals surface area contributed by atoms with Gasteiger partial charge in [0, 0.05) is 12.1 Å². The number of nitro groups is 1. The lowest BCUT2D eigenvalue weighted by Crippen LogP contribution is -2.10. The highest BCUT2D eigenvalue weighted by molar-refractivity contribution is 7.34. The van der Waals surface area contributed by atoms with E-state index in [0.29, 0.717) is 5.75 Å². The lowest BCUT2D eigenvalue weighted by Gasteiger charge is -2.19. The molecule has 2 aromatic carbocycles. The molecule has 0 aliphatic carbocycles.